The standard InChI is InChI=1S/C12H10Cl2N2O2/c1-17-11-3-2-8(5-10(11)15)18-12-9(14)4-7(13)6-16-12/h2-6H,15H2,1H3. The molecule has 0 fully saturated rings. The highest BCUT2D eigenvalue weighted by Crippen LogP contribution is 2.32. The van der Waals surface area contributed by atoms with Gasteiger partial charge in [0.25, 0.3) is 0 Å². The minimum atomic E-state index is 0.269. The van der Waals surface area contributed by atoms with Gasteiger partial charge >= 0.3 is 0 Å². The van der Waals surface area contributed by atoms with Crippen LogP contribution in [0.3, 0.4) is 0 Å². The average molecular weight is 285 g/mol. The van der Waals surface area contributed by atoms with E-state index in [1.54, 1.807) is 31.4 Å². The monoisotopic (exact) mass is 284 g/mol. The molecule has 0 amide bonds. The molecule has 2 N–H and O–H groups in total. The Labute approximate surface area is 114 Å². The molecule has 2 rings (SSSR count). The van der Waals surface area contributed by atoms with Gasteiger partial charge in [-0.2, -0.15) is 0 Å². The lowest BCUT2D eigenvalue weighted by molar-refractivity contribution is 0.414. The average Bonchev–Trinajstić information content (AvgIpc) is 2.33. The second kappa shape index (κ2) is 5.33. The lowest BCUT2D eigenvalue weighted by Gasteiger charge is -2.09. The third-order valence-corrected chi connectivity index (χ3v) is 2.67. The quantitative estimate of drug-likeness (QED) is 0.872. The summed E-state index contributed by atoms with van der Waals surface area (Å²) in [6.45, 7) is 0. The first-order valence-electron chi connectivity index (χ1n) is 5.02. The minimum Gasteiger partial charge on any atom is -0.495 e. The Balaban J connectivity index is 2.26. The van der Waals surface area contributed by atoms with E-state index < -0.39 is 0 Å². The summed E-state index contributed by atoms with van der Waals surface area (Å²) in [4.78, 5) is 3.99. The van der Waals surface area contributed by atoms with Gasteiger partial charge in [-0.1, -0.05) is 23.2 Å². The van der Waals surface area contributed by atoms with Crippen LogP contribution in [0.1, 0.15) is 0 Å². The van der Waals surface area contributed by atoms with Crippen LogP contribution in [0.5, 0.6) is 17.4 Å². The largest absolute Gasteiger partial charge is 0.495 e. The first-order chi connectivity index (χ1) is 8.60. The summed E-state index contributed by atoms with van der Waals surface area (Å²) in [6.07, 6.45) is 1.45. The zero-order chi connectivity index (χ0) is 13.1. The van der Waals surface area contributed by atoms with Crippen molar-refractivity contribution in [2.24, 2.45) is 0 Å². The molecule has 0 saturated carbocycles. The molecule has 1 aromatic heterocycles. The molecule has 1 heterocycles. The molecule has 1 aromatic carbocycles. The highest BCUT2D eigenvalue weighted by Gasteiger charge is 2.07. The van der Waals surface area contributed by atoms with E-state index in [2.05, 4.69) is 4.98 Å². The van der Waals surface area contributed by atoms with Gasteiger partial charge in [0, 0.05) is 12.3 Å². The van der Waals surface area contributed by atoms with Crippen LogP contribution in [-0.2, 0) is 0 Å². The Bertz CT molecular complexity index is 576. The molecule has 0 aliphatic rings. The molecule has 0 atom stereocenters. The number of nitrogens with two attached hydrogens (primary N) is 1. The highest BCUT2D eigenvalue weighted by atomic mass is 35.5. The number of methoxy groups -OCH3 is 1. The van der Waals surface area contributed by atoms with Gasteiger partial charge in [-0.15, -0.1) is 0 Å². The van der Waals surface area contributed by atoms with Crippen molar-refractivity contribution in [3.63, 3.8) is 0 Å². The van der Waals surface area contributed by atoms with Gasteiger partial charge < -0.3 is 15.2 Å². The van der Waals surface area contributed by atoms with E-state index in [-0.39, 0.29) is 5.88 Å². The Hall–Kier alpha value is -1.65. The maximum Gasteiger partial charge on any atom is 0.238 e. The van der Waals surface area contributed by atoms with Crippen molar-refractivity contribution in [2.75, 3.05) is 12.8 Å². The Morgan fingerprint density at radius 2 is 2.00 bits per heavy atom. The van der Waals surface area contributed by atoms with E-state index >= 15 is 0 Å². The number of nitrogen functional groups attached to an aromatic ring is 1. The second-order valence-corrected chi connectivity index (χ2v) is 4.29. The maximum atomic E-state index is 5.95. The van der Waals surface area contributed by atoms with Crippen molar-refractivity contribution in [1.82, 2.24) is 4.98 Å². The zero-order valence-corrected chi connectivity index (χ0v) is 11.0. The Morgan fingerprint density at radius 1 is 1.22 bits per heavy atom. The van der Waals surface area contributed by atoms with Gasteiger partial charge in [-0.05, 0) is 18.2 Å². The summed E-state index contributed by atoms with van der Waals surface area (Å²) in [7, 11) is 1.55. The van der Waals surface area contributed by atoms with E-state index in [4.69, 9.17) is 38.4 Å². The molecule has 4 nitrogen and oxygen atoms in total. The molecule has 94 valence electrons. The first-order valence-corrected chi connectivity index (χ1v) is 5.78. The number of benzene rings is 1. The number of rotatable bonds is 3. The summed E-state index contributed by atoms with van der Waals surface area (Å²) in [5, 5.41) is 0.776. The smallest absolute Gasteiger partial charge is 0.238 e. The number of aromatic nitrogens is 1. The summed E-state index contributed by atoms with van der Waals surface area (Å²) in [6, 6.07) is 6.60. The fraction of sp³-hybridized carbons (Fsp3) is 0.0833. The van der Waals surface area contributed by atoms with Crippen LogP contribution in [0, 0.1) is 0 Å². The van der Waals surface area contributed by atoms with Gasteiger partial charge in [-0.3, -0.25) is 0 Å². The first kappa shape index (κ1) is 12.8. The molecule has 0 spiro atoms. The van der Waals surface area contributed by atoms with Crippen molar-refractivity contribution in [2.45, 2.75) is 0 Å². The number of nitrogens with zero attached hydrogens (tertiary/aromatic N) is 1. The van der Waals surface area contributed by atoms with Gasteiger partial charge in [-0.25, -0.2) is 4.98 Å². The zero-order valence-electron chi connectivity index (χ0n) is 9.48. The molecular formula is C12H10Cl2N2O2. The normalized spacial score (nSPS) is 10.2. The fourth-order valence-corrected chi connectivity index (χ4v) is 1.78. The third-order valence-electron chi connectivity index (χ3n) is 2.19. The van der Waals surface area contributed by atoms with Gasteiger partial charge in [0.2, 0.25) is 5.88 Å². The van der Waals surface area contributed by atoms with Crippen LogP contribution in [0.15, 0.2) is 30.5 Å². The SMILES string of the molecule is COc1ccc(Oc2ncc(Cl)cc2Cl)cc1N. The predicted octanol–water partition coefficient (Wildman–Crippen LogP) is 3.77. The van der Waals surface area contributed by atoms with Gasteiger partial charge in [0.1, 0.15) is 16.5 Å². The summed E-state index contributed by atoms with van der Waals surface area (Å²) >= 11 is 11.7. The van der Waals surface area contributed by atoms with E-state index in [1.807, 2.05) is 0 Å². The van der Waals surface area contributed by atoms with Crippen molar-refractivity contribution in [1.29, 1.82) is 0 Å². The number of halogens is 2. The number of anilines is 1. The number of ether oxygens (including phenoxy) is 2. The number of pyridine rings is 1. The number of hydrogen-bond donors (Lipinski definition) is 1. The number of hydrogen-bond acceptors (Lipinski definition) is 4. The Morgan fingerprint density at radius 3 is 2.61 bits per heavy atom. The van der Waals surface area contributed by atoms with E-state index in [0.717, 1.165) is 0 Å². The van der Waals surface area contributed by atoms with E-state index in [0.29, 0.717) is 27.2 Å². The van der Waals surface area contributed by atoms with Crippen LogP contribution in [0.25, 0.3) is 0 Å². The molecule has 2 aromatic rings. The van der Waals surface area contributed by atoms with E-state index in [1.165, 1.54) is 6.20 Å². The van der Waals surface area contributed by atoms with Crippen LogP contribution < -0.4 is 15.2 Å². The lowest BCUT2D eigenvalue weighted by Crippen LogP contribution is -1.94. The Kier molecular flexibility index (Phi) is 3.79. The van der Waals surface area contributed by atoms with Crippen molar-refractivity contribution in [3.05, 3.63) is 40.5 Å². The molecule has 0 aliphatic carbocycles. The van der Waals surface area contributed by atoms with Crippen LogP contribution in [-0.4, -0.2) is 12.1 Å². The molecular weight excluding hydrogens is 275 g/mol. The summed E-state index contributed by atoms with van der Waals surface area (Å²) < 4.78 is 10.6. The molecule has 0 saturated heterocycles. The summed E-state index contributed by atoms with van der Waals surface area (Å²) in [5.41, 5.74) is 6.24. The highest BCUT2D eigenvalue weighted by molar-refractivity contribution is 6.35. The van der Waals surface area contributed by atoms with Crippen LogP contribution in [0.2, 0.25) is 10.0 Å². The topological polar surface area (TPSA) is 57.4 Å². The van der Waals surface area contributed by atoms with E-state index in [9.17, 15) is 0 Å². The third kappa shape index (κ3) is 2.78. The lowest BCUT2D eigenvalue weighted by atomic mass is 10.3. The molecule has 0 aliphatic heterocycles. The van der Waals surface area contributed by atoms with Crippen molar-refractivity contribution < 1.29 is 9.47 Å². The minimum absolute atomic E-state index is 0.269. The van der Waals surface area contributed by atoms with Gasteiger partial charge in [0.15, 0.2) is 0 Å². The summed E-state index contributed by atoms with van der Waals surface area (Å²) in [5.74, 6) is 1.37. The van der Waals surface area contributed by atoms with Crippen molar-refractivity contribution in [3.8, 4) is 17.4 Å². The van der Waals surface area contributed by atoms with Gasteiger partial charge in [0.05, 0.1) is 17.8 Å². The predicted molar refractivity (Wildman–Crippen MR) is 71.7 cm³/mol. The molecule has 0 bridgehead atoms. The van der Waals surface area contributed by atoms with Crippen LogP contribution in [0.4, 0.5) is 5.69 Å². The molecule has 6 heteroatoms. The second-order valence-electron chi connectivity index (χ2n) is 3.45. The van der Waals surface area contributed by atoms with Crippen LogP contribution >= 0.6 is 23.2 Å². The molecule has 0 unspecified atom stereocenters. The molecule has 0 radical (unpaired) electrons. The maximum absolute atomic E-state index is 5.95. The fourth-order valence-electron chi connectivity index (χ4n) is 1.36. The molecule has 18 heavy (non-hydrogen) atoms. The van der Waals surface area contributed by atoms with Crippen molar-refractivity contribution >= 4 is 28.9 Å².